The first-order valence-corrected chi connectivity index (χ1v) is 9.16. The van der Waals surface area contributed by atoms with Crippen LogP contribution in [0.5, 0.6) is 0 Å². The largest absolute Gasteiger partial charge is 0.376 e. The van der Waals surface area contributed by atoms with Crippen molar-refractivity contribution in [3.05, 3.63) is 18.5 Å². The smallest absolute Gasteiger partial charge is 0.252 e. The van der Waals surface area contributed by atoms with E-state index in [1.807, 2.05) is 35.7 Å². The minimum Gasteiger partial charge on any atom is -0.376 e. The highest BCUT2D eigenvalue weighted by Crippen LogP contribution is 2.23. The van der Waals surface area contributed by atoms with E-state index in [-0.39, 0.29) is 30.1 Å². The van der Waals surface area contributed by atoms with E-state index < -0.39 is 0 Å². The minimum atomic E-state index is -0.384. The van der Waals surface area contributed by atoms with Gasteiger partial charge >= 0.3 is 0 Å². The predicted molar refractivity (Wildman–Crippen MR) is 90.6 cm³/mol. The van der Waals surface area contributed by atoms with E-state index in [1.54, 1.807) is 6.20 Å². The monoisotopic (exact) mass is 335 g/mol. The number of hydrogen-bond acceptors (Lipinski definition) is 4. The number of carbonyl (C=O) groups is 1. The summed E-state index contributed by atoms with van der Waals surface area (Å²) in [5.41, 5.74) is 0. The third-order valence-electron chi connectivity index (χ3n) is 4.94. The maximum Gasteiger partial charge on any atom is 0.252 e. The van der Waals surface area contributed by atoms with Gasteiger partial charge in [0.15, 0.2) is 0 Å². The third kappa shape index (κ3) is 4.16. The lowest BCUT2D eigenvalue weighted by molar-refractivity contribution is -0.151. The highest BCUT2D eigenvalue weighted by atomic mass is 16.5. The molecular weight excluding hydrogens is 306 g/mol. The van der Waals surface area contributed by atoms with E-state index in [1.165, 1.54) is 0 Å². The molecule has 1 amide bonds. The SMILES string of the molecule is CC(C)[C@H](OC[C@H]1CCCO1)C(=O)N1CCC[C@@H](n2cccn2)C1. The molecule has 0 aliphatic carbocycles. The van der Waals surface area contributed by atoms with Crippen LogP contribution in [0, 0.1) is 5.92 Å². The summed E-state index contributed by atoms with van der Waals surface area (Å²) in [5, 5.41) is 4.33. The zero-order chi connectivity index (χ0) is 16.9. The second-order valence-electron chi connectivity index (χ2n) is 7.20. The van der Waals surface area contributed by atoms with Gasteiger partial charge < -0.3 is 14.4 Å². The molecule has 0 radical (unpaired) electrons. The molecule has 0 bridgehead atoms. The summed E-state index contributed by atoms with van der Waals surface area (Å²) < 4.78 is 13.6. The van der Waals surface area contributed by atoms with Crippen LogP contribution in [0.1, 0.15) is 45.6 Å². The van der Waals surface area contributed by atoms with Gasteiger partial charge in [0.25, 0.3) is 5.91 Å². The maximum absolute atomic E-state index is 13.0. The minimum absolute atomic E-state index is 0.111. The molecule has 0 saturated carbocycles. The number of carbonyl (C=O) groups excluding carboxylic acids is 1. The molecule has 0 N–H and O–H groups in total. The van der Waals surface area contributed by atoms with Gasteiger partial charge in [0, 0.05) is 32.1 Å². The van der Waals surface area contributed by atoms with E-state index in [0.29, 0.717) is 13.2 Å². The highest BCUT2D eigenvalue weighted by molar-refractivity contribution is 5.81. The average molecular weight is 335 g/mol. The fourth-order valence-electron chi connectivity index (χ4n) is 3.58. The van der Waals surface area contributed by atoms with Crippen molar-refractivity contribution in [1.29, 1.82) is 0 Å². The second-order valence-corrected chi connectivity index (χ2v) is 7.20. The molecule has 24 heavy (non-hydrogen) atoms. The fraction of sp³-hybridized carbons (Fsp3) is 0.778. The Morgan fingerprint density at radius 1 is 1.38 bits per heavy atom. The van der Waals surface area contributed by atoms with Gasteiger partial charge in [-0.05, 0) is 37.7 Å². The van der Waals surface area contributed by atoms with Crippen LogP contribution in [0.25, 0.3) is 0 Å². The van der Waals surface area contributed by atoms with Crippen molar-refractivity contribution in [2.75, 3.05) is 26.3 Å². The zero-order valence-corrected chi connectivity index (χ0v) is 14.8. The van der Waals surface area contributed by atoms with Crippen LogP contribution >= 0.6 is 0 Å². The second kappa shape index (κ2) is 8.12. The van der Waals surface area contributed by atoms with Crippen molar-refractivity contribution < 1.29 is 14.3 Å². The van der Waals surface area contributed by atoms with E-state index in [2.05, 4.69) is 5.10 Å². The van der Waals surface area contributed by atoms with Crippen molar-refractivity contribution in [1.82, 2.24) is 14.7 Å². The van der Waals surface area contributed by atoms with Gasteiger partial charge in [0.1, 0.15) is 6.10 Å². The summed E-state index contributed by atoms with van der Waals surface area (Å²) in [6.45, 7) is 6.95. The Bertz CT molecular complexity index is 512. The summed E-state index contributed by atoms with van der Waals surface area (Å²) in [6.07, 6.45) is 7.73. The van der Waals surface area contributed by atoms with Crippen LogP contribution in [0.4, 0.5) is 0 Å². The zero-order valence-electron chi connectivity index (χ0n) is 14.8. The number of likely N-dealkylation sites (tertiary alicyclic amines) is 1. The molecule has 2 aliphatic rings. The lowest BCUT2D eigenvalue weighted by atomic mass is 10.0. The van der Waals surface area contributed by atoms with Crippen molar-refractivity contribution in [2.24, 2.45) is 5.92 Å². The van der Waals surface area contributed by atoms with Crippen molar-refractivity contribution in [3.8, 4) is 0 Å². The quantitative estimate of drug-likeness (QED) is 0.800. The average Bonchev–Trinajstić information content (AvgIpc) is 3.28. The summed E-state index contributed by atoms with van der Waals surface area (Å²) in [4.78, 5) is 14.9. The summed E-state index contributed by atoms with van der Waals surface area (Å²) in [5.74, 6) is 0.267. The molecule has 3 heterocycles. The molecule has 2 saturated heterocycles. The molecule has 6 heteroatoms. The molecule has 134 valence electrons. The molecule has 1 aromatic heterocycles. The summed E-state index contributed by atoms with van der Waals surface area (Å²) in [7, 11) is 0. The molecule has 3 rings (SSSR count). The third-order valence-corrected chi connectivity index (χ3v) is 4.94. The van der Waals surface area contributed by atoms with E-state index >= 15 is 0 Å². The Balaban J connectivity index is 1.58. The van der Waals surface area contributed by atoms with E-state index in [4.69, 9.17) is 9.47 Å². The Morgan fingerprint density at radius 2 is 2.25 bits per heavy atom. The number of ether oxygens (including phenoxy) is 2. The molecule has 6 nitrogen and oxygen atoms in total. The first kappa shape index (κ1) is 17.4. The van der Waals surface area contributed by atoms with Crippen molar-refractivity contribution in [3.63, 3.8) is 0 Å². The van der Waals surface area contributed by atoms with Gasteiger partial charge in [-0.2, -0.15) is 5.10 Å². The Hall–Kier alpha value is -1.40. The first-order chi connectivity index (χ1) is 11.6. The van der Waals surface area contributed by atoms with Gasteiger partial charge in [-0.3, -0.25) is 9.48 Å². The molecule has 2 fully saturated rings. The Morgan fingerprint density at radius 3 is 2.92 bits per heavy atom. The van der Waals surface area contributed by atoms with Gasteiger partial charge in [-0.1, -0.05) is 13.8 Å². The first-order valence-electron chi connectivity index (χ1n) is 9.16. The van der Waals surface area contributed by atoms with Crippen LogP contribution in [-0.2, 0) is 14.3 Å². The molecule has 2 aliphatic heterocycles. The van der Waals surface area contributed by atoms with E-state index in [9.17, 15) is 4.79 Å². The van der Waals surface area contributed by atoms with E-state index in [0.717, 1.165) is 38.8 Å². The van der Waals surface area contributed by atoms with Crippen LogP contribution in [0.3, 0.4) is 0 Å². The highest BCUT2D eigenvalue weighted by Gasteiger charge is 2.32. The predicted octanol–water partition coefficient (Wildman–Crippen LogP) is 2.27. The Kier molecular flexibility index (Phi) is 5.89. The van der Waals surface area contributed by atoms with Crippen molar-refractivity contribution in [2.45, 2.75) is 57.8 Å². The number of hydrogen-bond donors (Lipinski definition) is 0. The number of aromatic nitrogens is 2. The molecular formula is C18H29N3O3. The van der Waals surface area contributed by atoms with Crippen LogP contribution in [0.2, 0.25) is 0 Å². The molecule has 0 spiro atoms. The van der Waals surface area contributed by atoms with Gasteiger partial charge in [0.05, 0.1) is 18.8 Å². The standard InChI is InChI=1S/C18H29N3O3/c1-14(2)17(24-13-16-7-4-11-23-16)18(22)20-9-3-6-15(12-20)21-10-5-8-19-21/h5,8,10,14-17H,3-4,6-7,9,11-13H2,1-2H3/t15-,16-,17+/m1/s1. The molecule has 0 unspecified atom stereocenters. The number of piperidine rings is 1. The Labute approximate surface area is 144 Å². The van der Waals surface area contributed by atoms with Crippen LogP contribution in [-0.4, -0.2) is 59.1 Å². The van der Waals surface area contributed by atoms with Gasteiger partial charge in [-0.25, -0.2) is 0 Å². The number of rotatable bonds is 6. The number of nitrogens with zero attached hydrogens (tertiary/aromatic N) is 3. The fourth-order valence-corrected chi connectivity index (χ4v) is 3.58. The molecule has 1 aromatic rings. The topological polar surface area (TPSA) is 56.6 Å². The van der Waals surface area contributed by atoms with Crippen molar-refractivity contribution >= 4 is 5.91 Å². The summed E-state index contributed by atoms with van der Waals surface area (Å²) >= 11 is 0. The van der Waals surface area contributed by atoms with Crippen LogP contribution in [0.15, 0.2) is 18.5 Å². The number of amides is 1. The maximum atomic E-state index is 13.0. The lowest BCUT2D eigenvalue weighted by Gasteiger charge is -2.36. The summed E-state index contributed by atoms with van der Waals surface area (Å²) in [6, 6.07) is 2.20. The molecule has 0 aromatic carbocycles. The normalized spacial score (nSPS) is 26.0. The van der Waals surface area contributed by atoms with Gasteiger partial charge in [-0.15, -0.1) is 0 Å². The molecule has 3 atom stereocenters. The lowest BCUT2D eigenvalue weighted by Crippen LogP contribution is -2.48. The van der Waals surface area contributed by atoms with Gasteiger partial charge in [0.2, 0.25) is 0 Å². The van der Waals surface area contributed by atoms with Crippen LogP contribution < -0.4 is 0 Å².